The summed E-state index contributed by atoms with van der Waals surface area (Å²) in [6, 6.07) is 1.99. The van der Waals surface area contributed by atoms with Gasteiger partial charge in [-0.3, -0.25) is 0 Å². The fourth-order valence-electron chi connectivity index (χ4n) is 1.66. The highest BCUT2D eigenvalue weighted by atomic mass is 19.2. The average Bonchev–Trinajstić information content (AvgIpc) is 2.73. The normalized spacial score (nSPS) is 11.0. The molecular weight excluding hydrogens is 400 g/mol. The van der Waals surface area contributed by atoms with Crippen LogP contribution in [0.5, 0.6) is 11.5 Å². The molecule has 0 saturated heterocycles. The third kappa shape index (κ3) is 7.87. The Bertz CT molecular complexity index is 896. The molecule has 1 rings (SSSR count). The summed E-state index contributed by atoms with van der Waals surface area (Å²) in [7, 11) is 1.14. The van der Waals surface area contributed by atoms with Crippen LogP contribution in [0.2, 0.25) is 0 Å². The van der Waals surface area contributed by atoms with Crippen molar-refractivity contribution in [1.29, 1.82) is 0 Å². The molecule has 0 radical (unpaired) electrons. The molecule has 1 aromatic rings. The number of halogens is 4. The number of ether oxygens (including phenoxy) is 2. The molecule has 162 valence electrons. The fraction of sp³-hybridized carbons (Fsp3) is 0.130. The predicted molar refractivity (Wildman–Crippen MR) is 111 cm³/mol. The van der Waals surface area contributed by atoms with E-state index >= 15 is 0 Å². The lowest BCUT2D eigenvalue weighted by Gasteiger charge is -2.09. The molecule has 0 aliphatic carbocycles. The van der Waals surface area contributed by atoms with Crippen LogP contribution in [0.4, 0.5) is 17.6 Å². The number of methoxy groups -OCH3 is 1. The van der Waals surface area contributed by atoms with Crippen LogP contribution in [-0.2, 0) is 4.74 Å². The fourth-order valence-corrected chi connectivity index (χ4v) is 1.66. The van der Waals surface area contributed by atoms with Gasteiger partial charge in [0.25, 0.3) is 0 Å². The van der Waals surface area contributed by atoms with Gasteiger partial charge in [0.2, 0.25) is 17.5 Å². The molecule has 0 saturated carbocycles. The molecule has 0 spiro atoms. The Hall–Kier alpha value is -3.48. The van der Waals surface area contributed by atoms with Crippen molar-refractivity contribution in [3.8, 4) is 11.5 Å². The van der Waals surface area contributed by atoms with Crippen molar-refractivity contribution in [3.63, 3.8) is 0 Å². The summed E-state index contributed by atoms with van der Waals surface area (Å²) < 4.78 is 63.9. The number of aromatic hydroxyl groups is 1. The van der Waals surface area contributed by atoms with Crippen molar-refractivity contribution >= 4 is 0 Å². The highest BCUT2D eigenvalue weighted by Crippen LogP contribution is 2.28. The van der Waals surface area contributed by atoms with E-state index in [9.17, 15) is 17.6 Å². The first kappa shape index (κ1) is 26.5. The Morgan fingerprint density at radius 1 is 1.03 bits per heavy atom. The van der Waals surface area contributed by atoms with Gasteiger partial charge < -0.3 is 14.6 Å². The van der Waals surface area contributed by atoms with Gasteiger partial charge in [0.15, 0.2) is 17.3 Å². The Kier molecular flexibility index (Phi) is 11.4. The summed E-state index contributed by atoms with van der Waals surface area (Å²) >= 11 is 0. The quantitative estimate of drug-likeness (QED) is 0.206. The molecule has 0 bridgehead atoms. The number of allylic oxidation sites excluding steroid dienone is 6. The lowest BCUT2D eigenvalue weighted by molar-refractivity contribution is 0.281. The molecule has 1 aromatic carbocycles. The zero-order chi connectivity index (χ0) is 23.4. The van der Waals surface area contributed by atoms with E-state index in [1.165, 1.54) is 12.2 Å². The van der Waals surface area contributed by atoms with Crippen molar-refractivity contribution < 1.29 is 32.1 Å². The summed E-state index contributed by atoms with van der Waals surface area (Å²) in [5, 5.41) is 9.04. The highest BCUT2D eigenvalue weighted by Gasteiger charge is 2.15. The second kappa shape index (κ2) is 12.9. The maximum absolute atomic E-state index is 13.9. The van der Waals surface area contributed by atoms with Crippen LogP contribution in [0.15, 0.2) is 97.4 Å². The number of hydrogen-bond donors (Lipinski definition) is 1. The van der Waals surface area contributed by atoms with Gasteiger partial charge in [-0.25, -0.2) is 4.39 Å². The van der Waals surface area contributed by atoms with Crippen LogP contribution in [0.3, 0.4) is 0 Å². The smallest absolute Gasteiger partial charge is 0.204 e. The minimum atomic E-state index is -1.43. The molecule has 0 atom stereocenters. The first-order chi connectivity index (χ1) is 14.0. The van der Waals surface area contributed by atoms with Crippen LogP contribution >= 0.6 is 0 Å². The second-order valence-corrected chi connectivity index (χ2v) is 5.66. The monoisotopic (exact) mass is 424 g/mol. The van der Waals surface area contributed by atoms with Gasteiger partial charge in [-0.2, -0.15) is 13.2 Å². The topological polar surface area (TPSA) is 38.7 Å². The van der Waals surface area contributed by atoms with E-state index in [4.69, 9.17) is 9.84 Å². The van der Waals surface area contributed by atoms with Gasteiger partial charge >= 0.3 is 0 Å². The third-order valence-corrected chi connectivity index (χ3v) is 3.30. The number of phenols is 1. The second-order valence-electron chi connectivity index (χ2n) is 5.66. The van der Waals surface area contributed by atoms with Crippen molar-refractivity contribution in [3.05, 3.63) is 109 Å². The zero-order valence-corrected chi connectivity index (χ0v) is 16.9. The van der Waals surface area contributed by atoms with Crippen LogP contribution in [-0.4, -0.2) is 18.8 Å². The van der Waals surface area contributed by atoms with E-state index < -0.39 is 40.5 Å². The van der Waals surface area contributed by atoms with Crippen molar-refractivity contribution in [2.45, 2.75) is 6.92 Å². The molecule has 3 nitrogen and oxygen atoms in total. The minimum absolute atomic E-state index is 0.0366. The van der Waals surface area contributed by atoms with Crippen LogP contribution in [0, 0.1) is 11.6 Å². The Morgan fingerprint density at radius 2 is 1.60 bits per heavy atom. The minimum Gasteiger partial charge on any atom is -0.505 e. The van der Waals surface area contributed by atoms with Gasteiger partial charge in [0.05, 0.1) is 7.11 Å². The van der Waals surface area contributed by atoms with Crippen LogP contribution in [0.1, 0.15) is 6.92 Å². The Morgan fingerprint density at radius 3 is 2.13 bits per heavy atom. The molecule has 0 aliphatic heterocycles. The van der Waals surface area contributed by atoms with E-state index in [0.29, 0.717) is 5.57 Å². The third-order valence-electron chi connectivity index (χ3n) is 3.30. The van der Waals surface area contributed by atoms with E-state index in [2.05, 4.69) is 37.6 Å². The molecular formula is C23H24F4O3. The van der Waals surface area contributed by atoms with Crippen LogP contribution in [0.25, 0.3) is 0 Å². The lowest BCUT2D eigenvalue weighted by Crippen LogP contribution is -2.02. The number of phenolic OH excluding ortho intramolecular Hbond substituents is 1. The predicted octanol–water partition coefficient (Wildman–Crippen LogP) is 6.78. The molecule has 1 N–H and O–H groups in total. The SMILES string of the molecule is C=C(/C=C\C(=C)C(=C)/C(F)=C(/F)C(=C)OC)COc1ccc(O)c(F)c1F.C=CC. The number of benzene rings is 1. The van der Waals surface area contributed by atoms with Gasteiger partial charge in [-0.1, -0.05) is 44.5 Å². The molecule has 0 aliphatic rings. The van der Waals surface area contributed by atoms with E-state index in [1.54, 1.807) is 6.08 Å². The Labute approximate surface area is 173 Å². The molecule has 0 heterocycles. The summed E-state index contributed by atoms with van der Waals surface area (Å²) in [4.78, 5) is 0. The van der Waals surface area contributed by atoms with Gasteiger partial charge in [-0.05, 0) is 30.2 Å². The van der Waals surface area contributed by atoms with Gasteiger partial charge in [-0.15, -0.1) is 6.58 Å². The molecule has 7 heteroatoms. The van der Waals surface area contributed by atoms with E-state index in [1.807, 2.05) is 6.92 Å². The molecule has 0 fully saturated rings. The summed E-state index contributed by atoms with van der Waals surface area (Å²) in [5.74, 6) is -7.11. The molecule has 0 amide bonds. The zero-order valence-electron chi connectivity index (χ0n) is 16.9. The van der Waals surface area contributed by atoms with Crippen molar-refractivity contribution in [2.24, 2.45) is 0 Å². The number of hydrogen-bond acceptors (Lipinski definition) is 3. The average molecular weight is 424 g/mol. The maximum atomic E-state index is 13.9. The largest absolute Gasteiger partial charge is 0.505 e. The summed E-state index contributed by atoms with van der Waals surface area (Å²) in [6.45, 7) is 18.8. The van der Waals surface area contributed by atoms with Crippen molar-refractivity contribution in [1.82, 2.24) is 0 Å². The standard InChI is InChI=1S/C20H18F4O3.C3H6/c1-11(10-27-16-9-8-15(25)19(23)20(16)24)6-7-12(2)13(3)17(21)18(22)14(4)26-5;1-3-2/h6-9,25H,1-4,10H2,5H3;3H,1H2,2H3/b7-6-,18-17-;. The van der Waals surface area contributed by atoms with Crippen LogP contribution < -0.4 is 4.74 Å². The summed E-state index contributed by atoms with van der Waals surface area (Å²) in [6.07, 6.45) is 4.41. The van der Waals surface area contributed by atoms with Gasteiger partial charge in [0, 0.05) is 5.57 Å². The lowest BCUT2D eigenvalue weighted by atomic mass is 10.1. The highest BCUT2D eigenvalue weighted by molar-refractivity contribution is 5.49. The van der Waals surface area contributed by atoms with E-state index in [0.717, 1.165) is 19.2 Å². The van der Waals surface area contributed by atoms with Crippen molar-refractivity contribution in [2.75, 3.05) is 13.7 Å². The summed E-state index contributed by atoms with van der Waals surface area (Å²) in [5.41, 5.74) is -0.000117. The van der Waals surface area contributed by atoms with Gasteiger partial charge in [0.1, 0.15) is 12.4 Å². The molecule has 30 heavy (non-hydrogen) atoms. The maximum Gasteiger partial charge on any atom is 0.204 e. The molecule has 0 aromatic heterocycles. The first-order valence-electron chi connectivity index (χ1n) is 8.41. The first-order valence-corrected chi connectivity index (χ1v) is 8.41. The molecule has 0 unspecified atom stereocenters. The Balaban J connectivity index is 0.00000263. The number of rotatable bonds is 9. The van der Waals surface area contributed by atoms with E-state index in [-0.39, 0.29) is 17.8 Å².